The molecule has 0 saturated heterocycles. The number of nitrogens with one attached hydrogen (secondary N) is 2. The molecule has 0 fully saturated rings. The van der Waals surface area contributed by atoms with E-state index in [4.69, 9.17) is 12.2 Å². The zero-order chi connectivity index (χ0) is 24.3. The second-order valence-corrected chi connectivity index (χ2v) is 7.78. The molecule has 174 valence electrons. The van der Waals surface area contributed by atoms with Crippen LogP contribution >= 0.6 is 12.2 Å². The summed E-state index contributed by atoms with van der Waals surface area (Å²) in [5.74, 6) is -1.51. The van der Waals surface area contributed by atoms with Crippen molar-refractivity contribution in [1.82, 2.24) is 9.99 Å². The fourth-order valence-corrected chi connectivity index (χ4v) is 3.62. The predicted molar refractivity (Wildman–Crippen MR) is 126 cm³/mol. The van der Waals surface area contributed by atoms with Gasteiger partial charge in [0.15, 0.2) is 5.11 Å². The van der Waals surface area contributed by atoms with E-state index in [1.807, 2.05) is 28.8 Å². The highest BCUT2D eigenvalue weighted by Crippen LogP contribution is 2.30. The Kier molecular flexibility index (Phi) is 6.60. The van der Waals surface area contributed by atoms with E-state index in [0.29, 0.717) is 11.1 Å². The Morgan fingerprint density at radius 1 is 1.00 bits per heavy atom. The monoisotopic (exact) mass is 488 g/mol. The maximum absolute atomic E-state index is 13.8. The molecule has 0 aliphatic rings. The summed E-state index contributed by atoms with van der Waals surface area (Å²) in [5, 5.41) is 7.48. The number of hydrogen-bond acceptors (Lipinski definition) is 2. The number of anilines is 1. The summed E-state index contributed by atoms with van der Waals surface area (Å²) in [4.78, 5) is 0. The van der Waals surface area contributed by atoms with Gasteiger partial charge in [0.2, 0.25) is 0 Å². The van der Waals surface area contributed by atoms with Crippen molar-refractivity contribution in [1.29, 1.82) is 0 Å². The number of fused-ring (bicyclic) bond motifs is 1. The first kappa shape index (κ1) is 23.4. The van der Waals surface area contributed by atoms with Gasteiger partial charge < -0.3 is 9.88 Å². The molecule has 0 spiro atoms. The van der Waals surface area contributed by atoms with Crippen LogP contribution < -0.4 is 10.7 Å². The van der Waals surface area contributed by atoms with Crippen molar-refractivity contribution in [3.63, 3.8) is 0 Å². The Hall–Kier alpha value is -3.79. The summed E-state index contributed by atoms with van der Waals surface area (Å²) in [6.07, 6.45) is -1.15. The van der Waals surface area contributed by atoms with Crippen molar-refractivity contribution in [2.45, 2.75) is 12.7 Å². The average Bonchev–Trinajstić information content (AvgIpc) is 3.13. The lowest BCUT2D eigenvalue weighted by atomic mass is 10.1. The van der Waals surface area contributed by atoms with Crippen molar-refractivity contribution in [2.75, 3.05) is 5.32 Å². The highest BCUT2D eigenvalue weighted by Gasteiger charge is 2.30. The molecule has 0 amide bonds. The first-order chi connectivity index (χ1) is 16.2. The van der Waals surface area contributed by atoms with E-state index in [1.54, 1.807) is 12.3 Å². The van der Waals surface area contributed by atoms with E-state index in [2.05, 4.69) is 15.8 Å². The minimum Gasteiger partial charge on any atom is -0.342 e. The first-order valence-corrected chi connectivity index (χ1v) is 10.4. The standard InChI is InChI=1S/C24H17F5N4S/c25-18-8-9-21(20(26)11-18)31-23(34)32-30-12-16-14-33(22-7-2-1-6-19(16)22)13-15-4-3-5-17(10-15)24(27,28)29/h1-12,14H,13H2,(H2,31,32,34)/b30-12+. The Bertz CT molecular complexity index is 1380. The maximum atomic E-state index is 13.8. The van der Waals surface area contributed by atoms with Gasteiger partial charge in [-0.15, -0.1) is 0 Å². The first-order valence-electron chi connectivity index (χ1n) is 10.00. The van der Waals surface area contributed by atoms with Crippen molar-refractivity contribution in [2.24, 2.45) is 5.10 Å². The van der Waals surface area contributed by atoms with Gasteiger partial charge in [-0.3, -0.25) is 5.43 Å². The van der Waals surface area contributed by atoms with E-state index in [9.17, 15) is 22.0 Å². The highest BCUT2D eigenvalue weighted by molar-refractivity contribution is 7.80. The normalized spacial score (nSPS) is 11.8. The minimum absolute atomic E-state index is 0.00513. The molecular formula is C24H17F5N4S. The van der Waals surface area contributed by atoms with Gasteiger partial charge in [-0.2, -0.15) is 18.3 Å². The van der Waals surface area contributed by atoms with Crippen LogP contribution in [0, 0.1) is 11.6 Å². The van der Waals surface area contributed by atoms with Crippen LogP contribution in [0.4, 0.5) is 27.6 Å². The molecule has 0 unspecified atom stereocenters. The van der Waals surface area contributed by atoms with Crippen molar-refractivity contribution < 1.29 is 22.0 Å². The molecule has 0 radical (unpaired) electrons. The zero-order valence-electron chi connectivity index (χ0n) is 17.4. The molecule has 34 heavy (non-hydrogen) atoms. The molecule has 0 saturated carbocycles. The van der Waals surface area contributed by atoms with E-state index < -0.39 is 23.4 Å². The summed E-state index contributed by atoms with van der Waals surface area (Å²) in [6.45, 7) is 0.232. The van der Waals surface area contributed by atoms with Gasteiger partial charge in [0.1, 0.15) is 11.6 Å². The molecule has 4 aromatic rings. The number of aromatic nitrogens is 1. The summed E-state index contributed by atoms with van der Waals surface area (Å²) < 4.78 is 67.8. The van der Waals surface area contributed by atoms with Crippen LogP contribution in [0.2, 0.25) is 0 Å². The van der Waals surface area contributed by atoms with Crippen molar-refractivity contribution in [3.05, 3.63) is 101 Å². The number of thiocarbonyl (C=S) groups is 1. The maximum Gasteiger partial charge on any atom is 0.416 e. The van der Waals surface area contributed by atoms with Gasteiger partial charge in [-0.1, -0.05) is 30.3 Å². The number of halogens is 5. The molecule has 0 atom stereocenters. The third-order valence-corrected chi connectivity index (χ3v) is 5.17. The van der Waals surface area contributed by atoms with E-state index in [0.717, 1.165) is 35.2 Å². The SMILES string of the molecule is Fc1ccc(NC(=S)N/N=C/c2cn(Cc3cccc(C(F)(F)F)c3)c3ccccc23)c(F)c1. The summed E-state index contributed by atoms with van der Waals surface area (Å²) in [5.41, 5.74) is 3.87. The number of alkyl halides is 3. The summed E-state index contributed by atoms with van der Waals surface area (Å²) in [6, 6.07) is 15.6. The number of hydrazone groups is 1. The lowest BCUT2D eigenvalue weighted by Crippen LogP contribution is -2.24. The third kappa shape index (κ3) is 5.40. The second kappa shape index (κ2) is 9.60. The topological polar surface area (TPSA) is 41.4 Å². The van der Waals surface area contributed by atoms with Gasteiger partial charge in [0.25, 0.3) is 0 Å². The van der Waals surface area contributed by atoms with Crippen LogP contribution in [0.5, 0.6) is 0 Å². The summed E-state index contributed by atoms with van der Waals surface area (Å²) in [7, 11) is 0. The largest absolute Gasteiger partial charge is 0.416 e. The fourth-order valence-electron chi connectivity index (χ4n) is 3.45. The van der Waals surface area contributed by atoms with Gasteiger partial charge in [-0.25, -0.2) is 8.78 Å². The van der Waals surface area contributed by atoms with E-state index >= 15 is 0 Å². The number of hydrogen-bond donors (Lipinski definition) is 2. The second-order valence-electron chi connectivity index (χ2n) is 7.38. The molecular weight excluding hydrogens is 471 g/mol. The highest BCUT2D eigenvalue weighted by atomic mass is 32.1. The summed E-state index contributed by atoms with van der Waals surface area (Å²) >= 11 is 5.08. The van der Waals surface area contributed by atoms with Crippen LogP contribution in [0.15, 0.2) is 78.0 Å². The quantitative estimate of drug-likeness (QED) is 0.150. The van der Waals surface area contributed by atoms with Gasteiger partial charge in [0, 0.05) is 35.3 Å². The molecule has 3 aromatic carbocycles. The third-order valence-electron chi connectivity index (χ3n) is 4.98. The van der Waals surface area contributed by atoms with E-state index in [1.165, 1.54) is 18.3 Å². The lowest BCUT2D eigenvalue weighted by molar-refractivity contribution is -0.137. The molecule has 1 heterocycles. The number of para-hydroxylation sites is 1. The molecule has 0 aliphatic carbocycles. The number of rotatable bonds is 5. The molecule has 4 nitrogen and oxygen atoms in total. The van der Waals surface area contributed by atoms with Gasteiger partial charge in [0.05, 0.1) is 17.5 Å². The molecule has 2 N–H and O–H groups in total. The van der Waals surface area contributed by atoms with Crippen molar-refractivity contribution >= 4 is 40.1 Å². The molecule has 4 rings (SSSR count). The number of benzene rings is 3. The lowest BCUT2D eigenvalue weighted by Gasteiger charge is -2.10. The van der Waals surface area contributed by atoms with Crippen LogP contribution in [-0.2, 0) is 12.7 Å². The Balaban J connectivity index is 1.52. The zero-order valence-corrected chi connectivity index (χ0v) is 18.2. The average molecular weight is 488 g/mol. The smallest absolute Gasteiger partial charge is 0.342 e. The Morgan fingerprint density at radius 2 is 1.79 bits per heavy atom. The van der Waals surface area contributed by atoms with Gasteiger partial charge >= 0.3 is 6.18 Å². The van der Waals surface area contributed by atoms with Gasteiger partial charge in [-0.05, 0) is 48.1 Å². The van der Waals surface area contributed by atoms with Crippen molar-refractivity contribution in [3.8, 4) is 0 Å². The number of nitrogens with zero attached hydrogens (tertiary/aromatic N) is 2. The van der Waals surface area contributed by atoms with Crippen LogP contribution in [0.1, 0.15) is 16.7 Å². The predicted octanol–water partition coefficient (Wildman–Crippen LogP) is 6.31. The molecule has 1 aromatic heterocycles. The fraction of sp³-hybridized carbons (Fsp3) is 0.0833. The van der Waals surface area contributed by atoms with Crippen LogP contribution in [0.25, 0.3) is 10.9 Å². The Labute approximate surface area is 196 Å². The Morgan fingerprint density at radius 3 is 2.56 bits per heavy atom. The van der Waals surface area contributed by atoms with Crippen LogP contribution in [-0.4, -0.2) is 15.9 Å². The van der Waals surface area contributed by atoms with E-state index in [-0.39, 0.29) is 17.3 Å². The minimum atomic E-state index is -4.42. The van der Waals surface area contributed by atoms with Crippen LogP contribution in [0.3, 0.4) is 0 Å². The molecule has 0 bridgehead atoms. The molecule has 10 heteroatoms. The molecule has 0 aliphatic heterocycles.